The Morgan fingerprint density at radius 2 is 1.90 bits per heavy atom. The number of carbonyl (C=O) groups excluding carboxylic acids is 1. The average Bonchev–Trinajstić information content (AvgIpc) is 3.23. The lowest BCUT2D eigenvalue weighted by molar-refractivity contribution is -0.123. The Labute approximate surface area is 117 Å². The summed E-state index contributed by atoms with van der Waals surface area (Å²) in [6.45, 7) is 2.04. The second-order valence-corrected chi connectivity index (χ2v) is 6.36. The van der Waals surface area contributed by atoms with Crippen LogP contribution in [0.4, 0.5) is 8.78 Å². The van der Waals surface area contributed by atoms with Crippen LogP contribution in [0.3, 0.4) is 0 Å². The number of hydrogen-bond acceptors (Lipinski definition) is 1. The van der Waals surface area contributed by atoms with Crippen LogP contribution in [0.5, 0.6) is 0 Å². The van der Waals surface area contributed by atoms with Crippen LogP contribution in [0.25, 0.3) is 0 Å². The lowest BCUT2D eigenvalue weighted by Gasteiger charge is -2.17. The maximum Gasteiger partial charge on any atom is 0.252 e. The maximum absolute atomic E-state index is 12.8. The zero-order chi connectivity index (χ0) is 14.4. The number of aryl methyl sites for hydroxylation is 1. The van der Waals surface area contributed by atoms with Gasteiger partial charge in [-0.05, 0) is 31.7 Å². The lowest BCUT2D eigenvalue weighted by atomic mass is 10.0. The summed E-state index contributed by atoms with van der Waals surface area (Å²) in [4.78, 5) is 11.8. The van der Waals surface area contributed by atoms with Crippen molar-refractivity contribution in [3.8, 4) is 0 Å². The van der Waals surface area contributed by atoms with Crippen LogP contribution in [0.2, 0.25) is 0 Å². The number of halogens is 2. The zero-order valence-corrected chi connectivity index (χ0v) is 11.6. The minimum atomic E-state index is -2.61. The van der Waals surface area contributed by atoms with Gasteiger partial charge in [0.15, 0.2) is 0 Å². The molecule has 1 N–H and O–H groups in total. The molecule has 0 bridgehead atoms. The van der Waals surface area contributed by atoms with Gasteiger partial charge < -0.3 is 5.32 Å². The van der Waals surface area contributed by atoms with Crippen LogP contribution in [-0.4, -0.2) is 17.4 Å². The Morgan fingerprint density at radius 3 is 2.40 bits per heavy atom. The number of amides is 1. The van der Waals surface area contributed by atoms with Crippen molar-refractivity contribution in [1.29, 1.82) is 0 Å². The molecule has 2 saturated carbocycles. The van der Waals surface area contributed by atoms with E-state index in [4.69, 9.17) is 0 Å². The van der Waals surface area contributed by atoms with Crippen molar-refractivity contribution < 1.29 is 13.6 Å². The van der Waals surface area contributed by atoms with Crippen molar-refractivity contribution in [2.75, 3.05) is 0 Å². The number of alkyl halides is 2. The van der Waals surface area contributed by atoms with E-state index in [9.17, 15) is 13.6 Å². The molecule has 2 fully saturated rings. The Balaban J connectivity index is 1.54. The van der Waals surface area contributed by atoms with Crippen molar-refractivity contribution in [2.24, 2.45) is 5.92 Å². The second-order valence-electron chi connectivity index (χ2n) is 6.36. The molecule has 2 aliphatic rings. The maximum atomic E-state index is 12.8. The molecule has 0 radical (unpaired) electrons. The molecule has 0 spiro atoms. The van der Waals surface area contributed by atoms with Gasteiger partial charge in [-0.1, -0.05) is 29.8 Å². The summed E-state index contributed by atoms with van der Waals surface area (Å²) in [6.07, 6.45) is 2.50. The first kappa shape index (κ1) is 13.5. The van der Waals surface area contributed by atoms with E-state index in [0.717, 1.165) is 19.3 Å². The molecule has 0 unspecified atom stereocenters. The summed E-state index contributed by atoms with van der Waals surface area (Å²) in [5.41, 5.74) is 2.21. The standard InChI is InChI=1S/C16H19F2NO/c1-11-2-4-12(5-3-11)9-15(6-7-15)19-14(20)8-13-10-16(13,17)18/h2-5,13H,6-10H2,1H3,(H,19,20)/t13-/m1/s1. The van der Waals surface area contributed by atoms with Crippen molar-refractivity contribution in [3.05, 3.63) is 35.4 Å². The first-order valence-corrected chi connectivity index (χ1v) is 7.13. The van der Waals surface area contributed by atoms with Crippen molar-refractivity contribution in [2.45, 2.75) is 50.5 Å². The third kappa shape index (κ3) is 3.00. The van der Waals surface area contributed by atoms with Gasteiger partial charge in [0.25, 0.3) is 5.92 Å². The highest BCUT2D eigenvalue weighted by molar-refractivity contribution is 5.78. The van der Waals surface area contributed by atoms with Crippen LogP contribution >= 0.6 is 0 Å². The molecule has 20 heavy (non-hydrogen) atoms. The van der Waals surface area contributed by atoms with Crippen LogP contribution in [0, 0.1) is 12.8 Å². The molecule has 1 atom stereocenters. The monoisotopic (exact) mass is 279 g/mol. The van der Waals surface area contributed by atoms with E-state index in [1.807, 2.05) is 6.92 Å². The quantitative estimate of drug-likeness (QED) is 0.881. The summed E-state index contributed by atoms with van der Waals surface area (Å²) in [5.74, 6) is -3.57. The van der Waals surface area contributed by atoms with Gasteiger partial charge in [0, 0.05) is 24.3 Å². The van der Waals surface area contributed by atoms with Crippen LogP contribution < -0.4 is 5.32 Å². The number of hydrogen-bond donors (Lipinski definition) is 1. The Hall–Kier alpha value is -1.45. The topological polar surface area (TPSA) is 29.1 Å². The predicted molar refractivity (Wildman–Crippen MR) is 72.7 cm³/mol. The normalized spacial score (nSPS) is 25.1. The van der Waals surface area contributed by atoms with Gasteiger partial charge in [-0.15, -0.1) is 0 Å². The third-order valence-electron chi connectivity index (χ3n) is 4.31. The number of benzene rings is 1. The van der Waals surface area contributed by atoms with Crippen molar-refractivity contribution >= 4 is 5.91 Å². The SMILES string of the molecule is Cc1ccc(CC2(NC(=O)C[C@@H]3CC3(F)F)CC2)cc1. The first-order chi connectivity index (χ1) is 9.39. The first-order valence-electron chi connectivity index (χ1n) is 7.13. The molecule has 0 aromatic heterocycles. The molecular formula is C16H19F2NO. The molecule has 0 saturated heterocycles. The van der Waals surface area contributed by atoms with E-state index in [1.165, 1.54) is 11.1 Å². The lowest BCUT2D eigenvalue weighted by Crippen LogP contribution is -2.38. The Morgan fingerprint density at radius 1 is 1.30 bits per heavy atom. The molecular weight excluding hydrogens is 260 g/mol. The fourth-order valence-electron chi connectivity index (χ4n) is 2.66. The summed E-state index contributed by atoms with van der Waals surface area (Å²) < 4.78 is 25.6. The third-order valence-corrected chi connectivity index (χ3v) is 4.31. The molecule has 2 aliphatic carbocycles. The van der Waals surface area contributed by atoms with Crippen LogP contribution in [0.15, 0.2) is 24.3 Å². The molecule has 0 heterocycles. The zero-order valence-electron chi connectivity index (χ0n) is 11.6. The smallest absolute Gasteiger partial charge is 0.252 e. The highest BCUT2D eigenvalue weighted by Gasteiger charge is 2.57. The van der Waals surface area contributed by atoms with Gasteiger partial charge in [-0.25, -0.2) is 8.78 Å². The summed E-state index contributed by atoms with van der Waals surface area (Å²) >= 11 is 0. The summed E-state index contributed by atoms with van der Waals surface area (Å²) in [6, 6.07) is 8.24. The fraction of sp³-hybridized carbons (Fsp3) is 0.562. The van der Waals surface area contributed by atoms with Crippen molar-refractivity contribution in [1.82, 2.24) is 5.32 Å². The van der Waals surface area contributed by atoms with Gasteiger partial charge in [0.2, 0.25) is 5.91 Å². The minimum Gasteiger partial charge on any atom is -0.350 e. The molecule has 1 aromatic carbocycles. The van der Waals surface area contributed by atoms with Gasteiger partial charge in [0.05, 0.1) is 0 Å². The van der Waals surface area contributed by atoms with Gasteiger partial charge in [0.1, 0.15) is 0 Å². The highest BCUT2D eigenvalue weighted by Crippen LogP contribution is 2.51. The average molecular weight is 279 g/mol. The van der Waals surface area contributed by atoms with E-state index in [1.54, 1.807) is 0 Å². The van der Waals surface area contributed by atoms with Gasteiger partial charge in [-0.3, -0.25) is 4.79 Å². The molecule has 0 aliphatic heterocycles. The molecule has 108 valence electrons. The molecule has 4 heteroatoms. The van der Waals surface area contributed by atoms with E-state index in [0.29, 0.717) is 0 Å². The Kier molecular flexibility index (Phi) is 3.07. The molecule has 1 aromatic rings. The van der Waals surface area contributed by atoms with Crippen molar-refractivity contribution in [3.63, 3.8) is 0 Å². The fourth-order valence-corrected chi connectivity index (χ4v) is 2.66. The van der Waals surface area contributed by atoms with E-state index < -0.39 is 11.8 Å². The van der Waals surface area contributed by atoms with Crippen LogP contribution in [-0.2, 0) is 11.2 Å². The van der Waals surface area contributed by atoms with Crippen LogP contribution in [0.1, 0.15) is 36.8 Å². The number of nitrogens with one attached hydrogen (secondary N) is 1. The molecule has 1 amide bonds. The molecule has 3 rings (SSSR count). The van der Waals surface area contributed by atoms with E-state index in [-0.39, 0.29) is 24.3 Å². The Bertz CT molecular complexity index is 520. The van der Waals surface area contributed by atoms with E-state index in [2.05, 4.69) is 29.6 Å². The molecule has 2 nitrogen and oxygen atoms in total. The van der Waals surface area contributed by atoms with E-state index >= 15 is 0 Å². The van der Waals surface area contributed by atoms with Gasteiger partial charge >= 0.3 is 0 Å². The highest BCUT2D eigenvalue weighted by atomic mass is 19.3. The summed E-state index contributed by atoms with van der Waals surface area (Å²) in [7, 11) is 0. The summed E-state index contributed by atoms with van der Waals surface area (Å²) in [5, 5.41) is 2.97. The number of carbonyl (C=O) groups is 1. The van der Waals surface area contributed by atoms with Gasteiger partial charge in [-0.2, -0.15) is 0 Å². The number of rotatable bonds is 5. The minimum absolute atomic E-state index is 0.0390. The predicted octanol–water partition coefficient (Wildman–Crippen LogP) is 3.23. The second kappa shape index (κ2) is 4.54. The largest absolute Gasteiger partial charge is 0.350 e.